The molecule has 0 heterocycles. The predicted octanol–water partition coefficient (Wildman–Crippen LogP) is 2.40. The summed E-state index contributed by atoms with van der Waals surface area (Å²) in [4.78, 5) is 0. The summed E-state index contributed by atoms with van der Waals surface area (Å²) in [6, 6.07) is 6.49. The number of nitrogen functional groups attached to an aromatic ring is 1. The number of benzene rings is 1. The van der Waals surface area contributed by atoms with Crippen molar-refractivity contribution in [3.8, 4) is 0 Å². The minimum atomic E-state index is 0.451. The fourth-order valence-electron chi connectivity index (χ4n) is 1.06. The zero-order valence-corrected chi connectivity index (χ0v) is 7.89. The average molecular weight is 164 g/mol. The number of aryl methyl sites for hydroxylation is 1. The second-order valence-electron chi connectivity index (χ2n) is 3.37. The van der Waals surface area contributed by atoms with Crippen LogP contribution in [0.1, 0.15) is 19.4 Å². The molecule has 66 valence electrons. The summed E-state index contributed by atoms with van der Waals surface area (Å²) >= 11 is 0. The van der Waals surface area contributed by atoms with E-state index in [-0.39, 0.29) is 0 Å². The normalized spacial score (nSPS) is 10.3. The van der Waals surface area contributed by atoms with Crippen LogP contribution < -0.4 is 11.1 Å². The molecule has 0 spiro atoms. The van der Waals surface area contributed by atoms with Crippen molar-refractivity contribution < 1.29 is 0 Å². The highest BCUT2D eigenvalue weighted by molar-refractivity contribution is 5.58. The standard InChI is InChI=1S/C10H16N2/c1-7(2)12-9-5-4-8(3)10(11)6-9/h4-7,12H,11H2,1-3H3. The molecular formula is C10H16N2. The molecule has 0 amide bonds. The summed E-state index contributed by atoms with van der Waals surface area (Å²) in [7, 11) is 0. The number of hydrogen-bond acceptors (Lipinski definition) is 2. The van der Waals surface area contributed by atoms with Crippen LogP contribution in [0, 0.1) is 6.92 Å². The molecule has 0 aliphatic rings. The van der Waals surface area contributed by atoms with Gasteiger partial charge in [0.15, 0.2) is 0 Å². The van der Waals surface area contributed by atoms with E-state index >= 15 is 0 Å². The maximum atomic E-state index is 5.76. The highest BCUT2D eigenvalue weighted by Gasteiger charge is 1.97. The average Bonchev–Trinajstić information content (AvgIpc) is 1.96. The van der Waals surface area contributed by atoms with Gasteiger partial charge in [0.1, 0.15) is 0 Å². The second-order valence-corrected chi connectivity index (χ2v) is 3.37. The van der Waals surface area contributed by atoms with Crippen LogP contribution in [-0.2, 0) is 0 Å². The van der Waals surface area contributed by atoms with E-state index in [1.54, 1.807) is 0 Å². The molecule has 12 heavy (non-hydrogen) atoms. The summed E-state index contributed by atoms with van der Waals surface area (Å²) in [5.41, 5.74) is 8.82. The van der Waals surface area contributed by atoms with Crippen molar-refractivity contribution >= 4 is 11.4 Å². The van der Waals surface area contributed by atoms with Crippen LogP contribution >= 0.6 is 0 Å². The molecule has 1 aromatic rings. The molecule has 0 fully saturated rings. The van der Waals surface area contributed by atoms with Gasteiger partial charge in [-0.05, 0) is 38.5 Å². The van der Waals surface area contributed by atoms with Gasteiger partial charge in [-0.1, -0.05) is 6.07 Å². The van der Waals surface area contributed by atoms with Crippen molar-refractivity contribution in [1.29, 1.82) is 0 Å². The van der Waals surface area contributed by atoms with E-state index in [0.29, 0.717) is 6.04 Å². The highest BCUT2D eigenvalue weighted by atomic mass is 14.9. The van der Waals surface area contributed by atoms with E-state index in [9.17, 15) is 0 Å². The highest BCUT2D eigenvalue weighted by Crippen LogP contribution is 2.17. The largest absolute Gasteiger partial charge is 0.398 e. The Hall–Kier alpha value is -1.18. The van der Waals surface area contributed by atoms with E-state index in [2.05, 4.69) is 19.2 Å². The maximum Gasteiger partial charge on any atom is 0.0364 e. The zero-order valence-electron chi connectivity index (χ0n) is 7.89. The molecular weight excluding hydrogens is 148 g/mol. The van der Waals surface area contributed by atoms with Crippen LogP contribution in [0.15, 0.2) is 18.2 Å². The van der Waals surface area contributed by atoms with Gasteiger partial charge in [0.05, 0.1) is 0 Å². The molecule has 0 saturated heterocycles. The minimum absolute atomic E-state index is 0.451. The van der Waals surface area contributed by atoms with E-state index < -0.39 is 0 Å². The Balaban J connectivity index is 2.82. The third kappa shape index (κ3) is 2.16. The fourth-order valence-corrected chi connectivity index (χ4v) is 1.06. The van der Waals surface area contributed by atoms with E-state index in [4.69, 9.17) is 5.73 Å². The van der Waals surface area contributed by atoms with Gasteiger partial charge in [-0.25, -0.2) is 0 Å². The molecule has 0 bridgehead atoms. The predicted molar refractivity (Wildman–Crippen MR) is 54.4 cm³/mol. The van der Waals surface area contributed by atoms with Crippen LogP contribution in [0.2, 0.25) is 0 Å². The topological polar surface area (TPSA) is 38.0 Å². The first-order chi connectivity index (χ1) is 5.59. The Kier molecular flexibility index (Phi) is 2.58. The van der Waals surface area contributed by atoms with Crippen molar-refractivity contribution in [3.05, 3.63) is 23.8 Å². The summed E-state index contributed by atoms with van der Waals surface area (Å²) in [6.07, 6.45) is 0. The van der Waals surface area contributed by atoms with Crippen molar-refractivity contribution in [3.63, 3.8) is 0 Å². The molecule has 1 aromatic carbocycles. The number of nitrogens with one attached hydrogen (secondary N) is 1. The lowest BCUT2D eigenvalue weighted by Crippen LogP contribution is -2.09. The number of hydrogen-bond donors (Lipinski definition) is 2. The Morgan fingerprint density at radius 3 is 2.50 bits per heavy atom. The van der Waals surface area contributed by atoms with Crippen molar-refractivity contribution in [2.24, 2.45) is 0 Å². The molecule has 1 rings (SSSR count). The molecule has 2 heteroatoms. The van der Waals surface area contributed by atoms with Crippen LogP contribution in [0.25, 0.3) is 0 Å². The summed E-state index contributed by atoms with van der Waals surface area (Å²) in [5.74, 6) is 0. The van der Waals surface area contributed by atoms with Gasteiger partial charge in [-0.3, -0.25) is 0 Å². The Bertz CT molecular complexity index is 267. The van der Waals surface area contributed by atoms with E-state index in [1.807, 2.05) is 25.1 Å². The van der Waals surface area contributed by atoms with Gasteiger partial charge < -0.3 is 11.1 Å². The monoisotopic (exact) mass is 164 g/mol. The fraction of sp³-hybridized carbons (Fsp3) is 0.400. The van der Waals surface area contributed by atoms with Gasteiger partial charge in [-0.2, -0.15) is 0 Å². The lowest BCUT2D eigenvalue weighted by Gasteiger charge is -2.11. The first kappa shape index (κ1) is 8.91. The zero-order chi connectivity index (χ0) is 9.14. The first-order valence-corrected chi connectivity index (χ1v) is 4.22. The van der Waals surface area contributed by atoms with Crippen LogP contribution in [0.3, 0.4) is 0 Å². The molecule has 0 unspecified atom stereocenters. The molecule has 0 atom stereocenters. The van der Waals surface area contributed by atoms with Crippen LogP contribution in [0.5, 0.6) is 0 Å². The van der Waals surface area contributed by atoms with Gasteiger partial charge in [-0.15, -0.1) is 0 Å². The van der Waals surface area contributed by atoms with Crippen molar-refractivity contribution in [1.82, 2.24) is 0 Å². The van der Waals surface area contributed by atoms with E-state index in [0.717, 1.165) is 16.9 Å². The van der Waals surface area contributed by atoms with Gasteiger partial charge in [0.2, 0.25) is 0 Å². The number of rotatable bonds is 2. The summed E-state index contributed by atoms with van der Waals surface area (Å²) in [6.45, 7) is 6.22. The Labute approximate surface area is 73.8 Å². The molecule has 3 N–H and O–H groups in total. The van der Waals surface area contributed by atoms with Crippen molar-refractivity contribution in [2.75, 3.05) is 11.1 Å². The summed E-state index contributed by atoms with van der Waals surface area (Å²) in [5, 5.41) is 3.29. The third-order valence-electron chi connectivity index (χ3n) is 1.73. The summed E-state index contributed by atoms with van der Waals surface area (Å²) < 4.78 is 0. The lowest BCUT2D eigenvalue weighted by molar-refractivity contribution is 0.900. The molecule has 0 saturated carbocycles. The first-order valence-electron chi connectivity index (χ1n) is 4.22. The third-order valence-corrected chi connectivity index (χ3v) is 1.73. The minimum Gasteiger partial charge on any atom is -0.398 e. The molecule has 0 radical (unpaired) electrons. The molecule has 0 aromatic heterocycles. The SMILES string of the molecule is Cc1ccc(NC(C)C)cc1N. The van der Waals surface area contributed by atoms with Crippen molar-refractivity contribution in [2.45, 2.75) is 26.8 Å². The van der Waals surface area contributed by atoms with Crippen LogP contribution in [0.4, 0.5) is 11.4 Å². The molecule has 0 aliphatic heterocycles. The van der Waals surface area contributed by atoms with Gasteiger partial charge >= 0.3 is 0 Å². The molecule has 2 nitrogen and oxygen atoms in total. The smallest absolute Gasteiger partial charge is 0.0364 e. The van der Waals surface area contributed by atoms with E-state index in [1.165, 1.54) is 0 Å². The van der Waals surface area contributed by atoms with Gasteiger partial charge in [0, 0.05) is 17.4 Å². The molecule has 0 aliphatic carbocycles. The Morgan fingerprint density at radius 1 is 1.33 bits per heavy atom. The maximum absolute atomic E-state index is 5.76. The van der Waals surface area contributed by atoms with Gasteiger partial charge in [0.25, 0.3) is 0 Å². The number of nitrogens with two attached hydrogens (primary N) is 1. The quantitative estimate of drug-likeness (QED) is 0.659. The van der Waals surface area contributed by atoms with Crippen LogP contribution in [-0.4, -0.2) is 6.04 Å². The number of anilines is 2. The second kappa shape index (κ2) is 3.48. The lowest BCUT2D eigenvalue weighted by atomic mass is 10.2. The Morgan fingerprint density at radius 2 is 2.00 bits per heavy atom.